The molecule has 0 bridgehead atoms. The number of aromatic hydroxyl groups is 1. The highest BCUT2D eigenvalue weighted by molar-refractivity contribution is 7.80. The fourth-order valence-electron chi connectivity index (χ4n) is 1.47. The van der Waals surface area contributed by atoms with Crippen molar-refractivity contribution in [1.82, 2.24) is 0 Å². The molecule has 0 radical (unpaired) electrons. The molecular formula is C13H10N2O3S. The molecular weight excluding hydrogens is 264 g/mol. The van der Waals surface area contributed by atoms with Crippen molar-refractivity contribution < 1.29 is 10.0 Å². The summed E-state index contributed by atoms with van der Waals surface area (Å²) in [7, 11) is 0. The summed E-state index contributed by atoms with van der Waals surface area (Å²) in [6.45, 7) is 0. The van der Waals surface area contributed by atoms with Crippen LogP contribution < -0.4 is 0 Å². The number of hydrogen-bond acceptors (Lipinski definition) is 5. The molecule has 0 fully saturated rings. The van der Waals surface area contributed by atoms with E-state index in [0.717, 1.165) is 0 Å². The van der Waals surface area contributed by atoms with E-state index in [1.807, 2.05) is 6.07 Å². The molecule has 1 N–H and O–H groups in total. The minimum atomic E-state index is -0.524. The average molecular weight is 274 g/mol. The van der Waals surface area contributed by atoms with Gasteiger partial charge in [-0.25, -0.2) is 0 Å². The number of nitrogens with zero attached hydrogens (tertiary/aromatic N) is 2. The summed E-state index contributed by atoms with van der Waals surface area (Å²) in [5, 5.41) is 20.3. The molecule has 0 saturated heterocycles. The van der Waals surface area contributed by atoms with E-state index in [1.54, 1.807) is 18.2 Å². The number of non-ortho nitro benzene ring substituents is 1. The van der Waals surface area contributed by atoms with E-state index in [0.29, 0.717) is 10.6 Å². The van der Waals surface area contributed by atoms with Crippen LogP contribution in [0, 0.1) is 10.1 Å². The third-order valence-corrected chi connectivity index (χ3v) is 2.82. The minimum absolute atomic E-state index is 0.0639. The lowest BCUT2D eigenvalue weighted by molar-refractivity contribution is -0.384. The fraction of sp³-hybridized carbons (Fsp3) is 0. The highest BCUT2D eigenvalue weighted by Gasteiger charge is 2.08. The van der Waals surface area contributed by atoms with Crippen LogP contribution in [0.15, 0.2) is 52.4 Å². The number of hydrogen-bond donors (Lipinski definition) is 2. The van der Waals surface area contributed by atoms with Gasteiger partial charge in [0.2, 0.25) is 0 Å². The van der Waals surface area contributed by atoms with Gasteiger partial charge in [-0.05, 0) is 18.2 Å². The van der Waals surface area contributed by atoms with Gasteiger partial charge in [0.05, 0.1) is 10.6 Å². The Labute approximate surface area is 114 Å². The van der Waals surface area contributed by atoms with Gasteiger partial charge in [-0.2, -0.15) is 0 Å². The summed E-state index contributed by atoms with van der Waals surface area (Å²) >= 11 is 4.24. The van der Waals surface area contributed by atoms with Crippen molar-refractivity contribution in [3.63, 3.8) is 0 Å². The molecule has 96 valence electrons. The van der Waals surface area contributed by atoms with Crippen molar-refractivity contribution >= 4 is 30.2 Å². The first-order valence-electron chi connectivity index (χ1n) is 5.37. The number of nitro benzene ring substituents is 1. The van der Waals surface area contributed by atoms with Crippen molar-refractivity contribution in [2.75, 3.05) is 0 Å². The third kappa shape index (κ3) is 3.11. The Morgan fingerprint density at radius 1 is 1.26 bits per heavy atom. The van der Waals surface area contributed by atoms with Crippen LogP contribution in [-0.4, -0.2) is 16.2 Å². The predicted octanol–water partition coefficient (Wildman–Crippen LogP) is 3.34. The SMILES string of the molecule is O=[N+]([O-])c1ccc(O)c(C=Nc2ccccc2S)c1. The van der Waals surface area contributed by atoms with Crippen LogP contribution in [0.4, 0.5) is 11.4 Å². The second kappa shape index (κ2) is 5.53. The van der Waals surface area contributed by atoms with Gasteiger partial charge < -0.3 is 5.11 Å². The molecule has 0 aliphatic rings. The average Bonchev–Trinajstić information content (AvgIpc) is 2.39. The molecule has 0 saturated carbocycles. The van der Waals surface area contributed by atoms with Gasteiger partial charge in [0.1, 0.15) is 5.75 Å². The normalized spacial score (nSPS) is 10.8. The Morgan fingerprint density at radius 3 is 2.68 bits per heavy atom. The molecule has 5 nitrogen and oxygen atoms in total. The van der Waals surface area contributed by atoms with Crippen molar-refractivity contribution in [3.05, 3.63) is 58.1 Å². The van der Waals surface area contributed by atoms with Crippen LogP contribution in [0.25, 0.3) is 0 Å². The van der Waals surface area contributed by atoms with E-state index < -0.39 is 4.92 Å². The molecule has 0 spiro atoms. The number of phenolic OH excluding ortho intramolecular Hbond substituents is 1. The topological polar surface area (TPSA) is 75.7 Å². The summed E-state index contributed by atoms with van der Waals surface area (Å²) in [6.07, 6.45) is 1.37. The van der Waals surface area contributed by atoms with Crippen LogP contribution in [0.1, 0.15) is 5.56 Å². The van der Waals surface area contributed by atoms with E-state index in [4.69, 9.17) is 0 Å². The van der Waals surface area contributed by atoms with Crippen LogP contribution in [-0.2, 0) is 0 Å². The third-order valence-electron chi connectivity index (χ3n) is 2.45. The van der Waals surface area contributed by atoms with Crippen molar-refractivity contribution in [3.8, 4) is 5.75 Å². The largest absolute Gasteiger partial charge is 0.507 e. The van der Waals surface area contributed by atoms with Gasteiger partial charge in [-0.3, -0.25) is 15.1 Å². The molecule has 2 aromatic rings. The van der Waals surface area contributed by atoms with Gasteiger partial charge in [0, 0.05) is 28.8 Å². The molecule has 0 aromatic heterocycles. The summed E-state index contributed by atoms with van der Waals surface area (Å²) in [5.74, 6) is -0.0639. The van der Waals surface area contributed by atoms with Gasteiger partial charge in [0.25, 0.3) is 5.69 Å². The predicted molar refractivity (Wildman–Crippen MR) is 75.7 cm³/mol. The lowest BCUT2D eigenvalue weighted by Gasteiger charge is -2.00. The van der Waals surface area contributed by atoms with Crippen LogP contribution in [0.3, 0.4) is 0 Å². The number of aliphatic imine (C=N–C) groups is 1. The quantitative estimate of drug-likeness (QED) is 0.390. The van der Waals surface area contributed by atoms with Crippen LogP contribution >= 0.6 is 12.6 Å². The summed E-state index contributed by atoms with van der Waals surface area (Å²) in [4.78, 5) is 15.0. The van der Waals surface area contributed by atoms with Gasteiger partial charge >= 0.3 is 0 Å². The van der Waals surface area contributed by atoms with E-state index in [-0.39, 0.29) is 17.0 Å². The van der Waals surface area contributed by atoms with E-state index >= 15 is 0 Å². The maximum Gasteiger partial charge on any atom is 0.270 e. The van der Waals surface area contributed by atoms with E-state index in [9.17, 15) is 15.2 Å². The first-order valence-corrected chi connectivity index (χ1v) is 5.82. The van der Waals surface area contributed by atoms with Crippen LogP contribution in [0.5, 0.6) is 5.75 Å². The van der Waals surface area contributed by atoms with E-state index in [1.165, 1.54) is 24.4 Å². The number of nitro groups is 1. The van der Waals surface area contributed by atoms with Gasteiger partial charge in [-0.1, -0.05) is 12.1 Å². The monoisotopic (exact) mass is 274 g/mol. The Balaban J connectivity index is 2.35. The second-order valence-corrected chi connectivity index (χ2v) is 4.23. The highest BCUT2D eigenvalue weighted by Crippen LogP contribution is 2.24. The molecule has 19 heavy (non-hydrogen) atoms. The Hall–Kier alpha value is -2.34. The Morgan fingerprint density at radius 2 is 2.00 bits per heavy atom. The zero-order valence-electron chi connectivity index (χ0n) is 9.72. The minimum Gasteiger partial charge on any atom is -0.507 e. The zero-order chi connectivity index (χ0) is 13.8. The number of thiol groups is 1. The maximum absolute atomic E-state index is 10.7. The molecule has 0 atom stereocenters. The summed E-state index contributed by atoms with van der Waals surface area (Å²) in [5.41, 5.74) is 0.806. The number of rotatable bonds is 3. The smallest absolute Gasteiger partial charge is 0.270 e. The molecule has 2 aromatic carbocycles. The van der Waals surface area contributed by atoms with E-state index in [2.05, 4.69) is 17.6 Å². The molecule has 6 heteroatoms. The fourth-order valence-corrected chi connectivity index (χ4v) is 1.69. The first kappa shape index (κ1) is 13.1. The molecule has 0 unspecified atom stereocenters. The van der Waals surface area contributed by atoms with Crippen molar-refractivity contribution in [1.29, 1.82) is 0 Å². The lowest BCUT2D eigenvalue weighted by Crippen LogP contribution is -1.90. The maximum atomic E-state index is 10.7. The Kier molecular flexibility index (Phi) is 3.82. The molecule has 0 heterocycles. The zero-order valence-corrected chi connectivity index (χ0v) is 10.6. The summed E-state index contributed by atoms with van der Waals surface area (Å²) in [6, 6.07) is 10.9. The number of phenols is 1. The number of benzene rings is 2. The van der Waals surface area contributed by atoms with Crippen LogP contribution in [0.2, 0.25) is 0 Å². The van der Waals surface area contributed by atoms with Gasteiger partial charge in [0.15, 0.2) is 0 Å². The Bertz CT molecular complexity index is 656. The second-order valence-electron chi connectivity index (χ2n) is 3.75. The van der Waals surface area contributed by atoms with Crippen molar-refractivity contribution in [2.45, 2.75) is 4.90 Å². The van der Waals surface area contributed by atoms with Crippen molar-refractivity contribution in [2.24, 2.45) is 4.99 Å². The molecule has 0 aliphatic heterocycles. The molecule has 0 amide bonds. The highest BCUT2D eigenvalue weighted by atomic mass is 32.1. The summed E-state index contributed by atoms with van der Waals surface area (Å²) < 4.78 is 0. The number of para-hydroxylation sites is 1. The lowest BCUT2D eigenvalue weighted by atomic mass is 10.2. The molecule has 0 aliphatic carbocycles. The first-order chi connectivity index (χ1) is 9.08. The molecule has 2 rings (SSSR count). The standard InChI is InChI=1S/C13H10N2O3S/c16-12-6-5-10(15(17)18)7-9(12)8-14-11-3-1-2-4-13(11)19/h1-8,16,19H. The van der Waals surface area contributed by atoms with Gasteiger partial charge in [-0.15, -0.1) is 12.6 Å².